The predicted octanol–water partition coefficient (Wildman–Crippen LogP) is 2.96. The maximum atomic E-state index is 10.4. The molecule has 0 saturated heterocycles. The third kappa shape index (κ3) is 2.27. The van der Waals surface area contributed by atoms with E-state index in [0.29, 0.717) is 5.56 Å². The van der Waals surface area contributed by atoms with Crippen LogP contribution in [-0.4, -0.2) is 6.29 Å². The molecule has 0 bridgehead atoms. The minimum Gasteiger partial charge on any atom is -0.285 e. The van der Waals surface area contributed by atoms with Gasteiger partial charge in [-0.3, -0.25) is 4.79 Å². The predicted molar refractivity (Wildman–Crippen MR) is 69.4 cm³/mol. The van der Waals surface area contributed by atoms with E-state index in [9.17, 15) is 4.79 Å². The van der Waals surface area contributed by atoms with Gasteiger partial charge < -0.3 is 0 Å². The summed E-state index contributed by atoms with van der Waals surface area (Å²) < 4.78 is 3.29. The molecule has 11 heavy (non-hydrogen) atoms. The minimum absolute atomic E-state index is 0.649. The van der Waals surface area contributed by atoms with Gasteiger partial charge >= 0.3 is 0 Å². The molecule has 0 aliphatic rings. The summed E-state index contributed by atoms with van der Waals surface area (Å²) in [5.74, 6) is 0. The largest absolute Gasteiger partial charge is 0.285 e. The zero-order valence-corrected chi connectivity index (χ0v) is 11.7. The number of hydrogen-bond donors (Lipinski definition) is 0. The monoisotopic (exact) mass is 483 g/mol. The van der Waals surface area contributed by atoms with Gasteiger partial charge in [0.15, 0.2) is 0 Å². The van der Waals surface area contributed by atoms with Crippen LogP contribution in [0.3, 0.4) is 0 Å². The lowest BCUT2D eigenvalue weighted by atomic mass is 10.2. The van der Waals surface area contributed by atoms with Gasteiger partial charge in [0, 0.05) is 16.3 Å². The Labute approximate surface area is 106 Å². The molecular weight excluding hydrogens is 481 g/mol. The van der Waals surface area contributed by atoms with E-state index in [1.54, 1.807) is 6.07 Å². The van der Waals surface area contributed by atoms with Crippen molar-refractivity contribution in [1.29, 1.82) is 0 Å². The average molecular weight is 483 g/mol. The van der Waals surface area contributed by atoms with E-state index < -0.39 is 0 Å². The third-order valence-corrected chi connectivity index (χ3v) is 6.35. The molecule has 0 aliphatic heterocycles. The standard InChI is InChI=1S/C7H2I3O/c8-5-2-1-4(3-11)6(9)7(5)10/h1-2H. The topological polar surface area (TPSA) is 17.1 Å². The van der Waals surface area contributed by atoms with Crippen LogP contribution in [0.4, 0.5) is 0 Å². The first-order chi connectivity index (χ1) is 5.16. The Bertz CT molecular complexity index is 296. The van der Waals surface area contributed by atoms with Gasteiger partial charge in [-0.25, -0.2) is 0 Å². The summed E-state index contributed by atoms with van der Waals surface area (Å²) in [7, 11) is 0. The van der Waals surface area contributed by atoms with Crippen LogP contribution in [0.15, 0.2) is 12.1 Å². The number of rotatable bonds is 1. The molecule has 0 heterocycles. The van der Waals surface area contributed by atoms with E-state index in [4.69, 9.17) is 0 Å². The van der Waals surface area contributed by atoms with E-state index in [0.717, 1.165) is 7.14 Å². The van der Waals surface area contributed by atoms with Crippen LogP contribution in [0.1, 0.15) is 5.56 Å². The van der Waals surface area contributed by atoms with Gasteiger partial charge in [-0.05, 0) is 79.9 Å². The summed E-state index contributed by atoms with van der Waals surface area (Å²) in [6, 6.07) is 3.71. The van der Waals surface area contributed by atoms with Crippen molar-refractivity contribution in [3.05, 3.63) is 28.4 Å². The van der Waals surface area contributed by atoms with Crippen LogP contribution in [-0.2, 0) is 4.79 Å². The summed E-state index contributed by atoms with van der Waals surface area (Å²) in [4.78, 5) is 10.4. The van der Waals surface area contributed by atoms with Crippen molar-refractivity contribution in [2.24, 2.45) is 0 Å². The molecule has 0 spiro atoms. The first-order valence-electron chi connectivity index (χ1n) is 2.68. The number of hydrogen-bond acceptors (Lipinski definition) is 1. The Balaban J connectivity index is 3.36. The van der Waals surface area contributed by atoms with E-state index >= 15 is 0 Å². The molecule has 0 saturated carbocycles. The Hall–Kier alpha value is 1.08. The normalized spacial score (nSPS) is 9.73. The molecule has 0 fully saturated rings. The maximum absolute atomic E-state index is 10.4. The van der Waals surface area contributed by atoms with Gasteiger partial charge in [0.2, 0.25) is 6.29 Å². The van der Waals surface area contributed by atoms with Crippen molar-refractivity contribution >= 4 is 74.1 Å². The second-order valence-corrected chi connectivity index (χ2v) is 5.14. The Morgan fingerprint density at radius 3 is 2.27 bits per heavy atom. The van der Waals surface area contributed by atoms with Gasteiger partial charge in [-0.15, -0.1) is 0 Å². The van der Waals surface area contributed by atoms with Gasteiger partial charge in [0.1, 0.15) is 0 Å². The highest BCUT2D eigenvalue weighted by atomic mass is 127. The van der Waals surface area contributed by atoms with Crippen LogP contribution >= 0.6 is 67.8 Å². The molecule has 0 aliphatic carbocycles. The van der Waals surface area contributed by atoms with Crippen molar-refractivity contribution in [2.75, 3.05) is 0 Å². The number of carbonyl (C=O) groups excluding carboxylic acids is 1. The van der Waals surface area contributed by atoms with Crippen molar-refractivity contribution in [2.45, 2.75) is 0 Å². The Morgan fingerprint density at radius 2 is 1.73 bits per heavy atom. The molecule has 0 amide bonds. The molecule has 0 atom stereocenters. The smallest absolute Gasteiger partial charge is 0.234 e. The average Bonchev–Trinajstić information content (AvgIpc) is 2.01. The summed E-state index contributed by atoms with van der Waals surface area (Å²) in [6.07, 6.45) is 1.90. The van der Waals surface area contributed by atoms with Crippen LogP contribution in [0.5, 0.6) is 0 Å². The van der Waals surface area contributed by atoms with E-state index in [2.05, 4.69) is 67.8 Å². The fraction of sp³-hybridized carbons (Fsp3) is 0. The van der Waals surface area contributed by atoms with Gasteiger partial charge in [0.25, 0.3) is 0 Å². The van der Waals surface area contributed by atoms with Crippen LogP contribution in [0.2, 0.25) is 0 Å². The fourth-order valence-corrected chi connectivity index (χ4v) is 2.62. The first-order valence-corrected chi connectivity index (χ1v) is 5.92. The third-order valence-electron chi connectivity index (χ3n) is 1.15. The van der Waals surface area contributed by atoms with Gasteiger partial charge in [-0.1, -0.05) is 0 Å². The van der Waals surface area contributed by atoms with Crippen LogP contribution in [0.25, 0.3) is 0 Å². The van der Waals surface area contributed by atoms with Crippen LogP contribution in [0, 0.1) is 10.7 Å². The molecule has 1 aromatic carbocycles. The van der Waals surface area contributed by atoms with Crippen molar-refractivity contribution < 1.29 is 4.79 Å². The molecule has 57 valence electrons. The van der Waals surface area contributed by atoms with Crippen molar-refractivity contribution in [1.82, 2.24) is 0 Å². The van der Waals surface area contributed by atoms with Gasteiger partial charge in [-0.2, -0.15) is 0 Å². The highest BCUT2D eigenvalue weighted by Crippen LogP contribution is 2.23. The fourth-order valence-electron chi connectivity index (χ4n) is 0.605. The minimum atomic E-state index is 0.649. The van der Waals surface area contributed by atoms with Gasteiger partial charge in [0.05, 0.1) is 0 Å². The molecule has 1 nitrogen and oxygen atoms in total. The van der Waals surface area contributed by atoms with E-state index in [1.807, 2.05) is 12.4 Å². The van der Waals surface area contributed by atoms with Crippen LogP contribution < -0.4 is 0 Å². The lowest BCUT2D eigenvalue weighted by molar-refractivity contribution is 0.562. The number of benzene rings is 1. The first kappa shape index (κ1) is 10.2. The molecule has 1 rings (SSSR count). The summed E-state index contributed by atoms with van der Waals surface area (Å²) in [6.45, 7) is 0. The lowest BCUT2D eigenvalue weighted by Gasteiger charge is -2.00. The summed E-state index contributed by atoms with van der Waals surface area (Å²) in [5, 5.41) is 0. The molecule has 1 radical (unpaired) electrons. The highest BCUT2D eigenvalue weighted by molar-refractivity contribution is 14.1. The second-order valence-electron chi connectivity index (χ2n) is 1.82. The second kappa shape index (κ2) is 4.35. The summed E-state index contributed by atoms with van der Waals surface area (Å²) >= 11 is 6.62. The Kier molecular flexibility index (Phi) is 4.02. The molecule has 1 aromatic rings. The van der Waals surface area contributed by atoms with Crippen molar-refractivity contribution in [3.8, 4) is 0 Å². The molecular formula is C7H2I3O. The molecule has 0 aromatic heterocycles. The number of halogens is 3. The zero-order valence-electron chi connectivity index (χ0n) is 5.20. The quantitative estimate of drug-likeness (QED) is 0.444. The molecule has 4 heteroatoms. The lowest BCUT2D eigenvalue weighted by Crippen LogP contribution is -1.92. The zero-order chi connectivity index (χ0) is 8.43. The molecule has 0 N–H and O–H groups in total. The van der Waals surface area contributed by atoms with E-state index in [-0.39, 0.29) is 0 Å². The maximum Gasteiger partial charge on any atom is 0.234 e. The van der Waals surface area contributed by atoms with E-state index in [1.165, 1.54) is 3.57 Å². The SMILES string of the molecule is O=[C]c1ccc(I)c(I)c1I. The van der Waals surface area contributed by atoms with Crippen molar-refractivity contribution in [3.63, 3.8) is 0 Å². The highest BCUT2D eigenvalue weighted by Gasteiger charge is 2.05. The molecule has 0 unspecified atom stereocenters. The Morgan fingerprint density at radius 1 is 1.09 bits per heavy atom. The summed E-state index contributed by atoms with van der Waals surface area (Å²) in [5.41, 5.74) is 0.649.